The normalized spacial score (nSPS) is 11.0. The van der Waals surface area contributed by atoms with Gasteiger partial charge in [0.05, 0.1) is 12.1 Å². The summed E-state index contributed by atoms with van der Waals surface area (Å²) in [6, 6.07) is 22.9. The van der Waals surface area contributed by atoms with E-state index in [1.807, 2.05) is 31.3 Å². The standard InChI is InChI=1S/C21H17NO/c1-2-23-19-11-4-3-9-17(19)18-10-5-7-15-12-13-16-8-6-14-22-21(16)20(15)18/h3-14H,2H2,1H3. The largest absolute Gasteiger partial charge is 0.493 e. The number of fused-ring (bicyclic) bond motifs is 3. The van der Waals surface area contributed by atoms with E-state index in [0.717, 1.165) is 27.8 Å². The minimum Gasteiger partial charge on any atom is -0.493 e. The third-order valence-electron chi connectivity index (χ3n) is 4.09. The maximum atomic E-state index is 5.83. The summed E-state index contributed by atoms with van der Waals surface area (Å²) in [5, 5.41) is 3.53. The summed E-state index contributed by atoms with van der Waals surface area (Å²) in [5.41, 5.74) is 3.31. The first-order valence-corrected chi connectivity index (χ1v) is 7.87. The van der Waals surface area contributed by atoms with E-state index in [2.05, 4.69) is 53.5 Å². The molecule has 0 aliphatic heterocycles. The minimum absolute atomic E-state index is 0.654. The summed E-state index contributed by atoms with van der Waals surface area (Å²) in [6.45, 7) is 2.66. The molecule has 0 N–H and O–H groups in total. The fraction of sp³-hybridized carbons (Fsp3) is 0.0952. The highest BCUT2D eigenvalue weighted by Crippen LogP contribution is 2.37. The van der Waals surface area contributed by atoms with Gasteiger partial charge in [0.2, 0.25) is 0 Å². The third kappa shape index (κ3) is 2.33. The van der Waals surface area contributed by atoms with E-state index < -0.39 is 0 Å². The fourth-order valence-corrected chi connectivity index (χ4v) is 3.11. The van der Waals surface area contributed by atoms with Crippen LogP contribution in [0.5, 0.6) is 5.75 Å². The Morgan fingerprint density at radius 2 is 1.57 bits per heavy atom. The van der Waals surface area contributed by atoms with Gasteiger partial charge in [-0.05, 0) is 30.0 Å². The van der Waals surface area contributed by atoms with E-state index in [0.29, 0.717) is 6.61 Å². The van der Waals surface area contributed by atoms with Crippen molar-refractivity contribution >= 4 is 21.7 Å². The molecule has 4 rings (SSSR count). The van der Waals surface area contributed by atoms with Crippen molar-refractivity contribution in [2.45, 2.75) is 6.92 Å². The van der Waals surface area contributed by atoms with Gasteiger partial charge >= 0.3 is 0 Å². The molecule has 0 saturated carbocycles. The lowest BCUT2D eigenvalue weighted by Crippen LogP contribution is -1.94. The number of ether oxygens (including phenoxy) is 1. The van der Waals surface area contributed by atoms with Crippen molar-refractivity contribution in [2.24, 2.45) is 0 Å². The molecule has 23 heavy (non-hydrogen) atoms. The quantitative estimate of drug-likeness (QED) is 0.469. The van der Waals surface area contributed by atoms with Crippen molar-refractivity contribution in [2.75, 3.05) is 6.61 Å². The molecule has 0 radical (unpaired) electrons. The molecule has 3 aromatic carbocycles. The van der Waals surface area contributed by atoms with Crippen LogP contribution in [0.25, 0.3) is 32.8 Å². The Bertz CT molecular complexity index is 991. The summed E-state index contributed by atoms with van der Waals surface area (Å²) < 4.78 is 5.83. The number of rotatable bonds is 3. The number of hydrogen-bond acceptors (Lipinski definition) is 2. The van der Waals surface area contributed by atoms with Crippen LogP contribution in [0.1, 0.15) is 6.92 Å². The average Bonchev–Trinajstić information content (AvgIpc) is 2.62. The molecule has 0 aliphatic carbocycles. The molecule has 0 bridgehead atoms. The Kier molecular flexibility index (Phi) is 3.43. The number of hydrogen-bond donors (Lipinski definition) is 0. The smallest absolute Gasteiger partial charge is 0.127 e. The van der Waals surface area contributed by atoms with Crippen LogP contribution in [0.4, 0.5) is 0 Å². The van der Waals surface area contributed by atoms with Crippen LogP contribution in [-0.4, -0.2) is 11.6 Å². The van der Waals surface area contributed by atoms with Gasteiger partial charge in [0.1, 0.15) is 5.75 Å². The summed E-state index contributed by atoms with van der Waals surface area (Å²) in [5.74, 6) is 0.912. The molecule has 0 fully saturated rings. The number of benzene rings is 3. The second-order valence-electron chi connectivity index (χ2n) is 5.47. The molecular formula is C21H17NO. The number of aromatic nitrogens is 1. The highest BCUT2D eigenvalue weighted by molar-refractivity contribution is 6.12. The molecule has 0 unspecified atom stereocenters. The summed E-state index contributed by atoms with van der Waals surface area (Å²) >= 11 is 0. The monoisotopic (exact) mass is 299 g/mol. The van der Waals surface area contributed by atoms with Gasteiger partial charge in [-0.3, -0.25) is 4.98 Å². The summed E-state index contributed by atoms with van der Waals surface area (Å²) in [7, 11) is 0. The molecule has 2 nitrogen and oxygen atoms in total. The number of nitrogens with zero attached hydrogens (tertiary/aromatic N) is 1. The van der Waals surface area contributed by atoms with Crippen LogP contribution in [-0.2, 0) is 0 Å². The predicted molar refractivity (Wildman–Crippen MR) is 95.9 cm³/mol. The molecule has 1 heterocycles. The topological polar surface area (TPSA) is 22.1 Å². The molecule has 0 aliphatic rings. The number of para-hydroxylation sites is 1. The van der Waals surface area contributed by atoms with E-state index in [-0.39, 0.29) is 0 Å². The van der Waals surface area contributed by atoms with Crippen LogP contribution in [0.15, 0.2) is 72.9 Å². The Hall–Kier alpha value is -2.87. The Morgan fingerprint density at radius 1 is 0.783 bits per heavy atom. The van der Waals surface area contributed by atoms with Crippen molar-refractivity contribution in [3.05, 3.63) is 72.9 Å². The van der Waals surface area contributed by atoms with E-state index in [1.165, 1.54) is 10.8 Å². The maximum absolute atomic E-state index is 5.83. The zero-order valence-electron chi connectivity index (χ0n) is 13.0. The Morgan fingerprint density at radius 3 is 2.48 bits per heavy atom. The molecule has 0 atom stereocenters. The van der Waals surface area contributed by atoms with E-state index in [4.69, 9.17) is 4.74 Å². The average molecular weight is 299 g/mol. The lowest BCUT2D eigenvalue weighted by Gasteiger charge is -2.13. The minimum atomic E-state index is 0.654. The molecule has 4 aromatic rings. The van der Waals surface area contributed by atoms with Crippen LogP contribution in [0.3, 0.4) is 0 Å². The Balaban J connectivity index is 2.10. The molecule has 2 heteroatoms. The van der Waals surface area contributed by atoms with Crippen molar-refractivity contribution in [3.63, 3.8) is 0 Å². The van der Waals surface area contributed by atoms with E-state index >= 15 is 0 Å². The molecule has 1 aromatic heterocycles. The molecule has 0 saturated heterocycles. The first kappa shape index (κ1) is 13.8. The molecular weight excluding hydrogens is 282 g/mol. The first-order chi connectivity index (χ1) is 11.4. The number of pyridine rings is 1. The van der Waals surface area contributed by atoms with Crippen molar-refractivity contribution in [1.82, 2.24) is 4.98 Å². The van der Waals surface area contributed by atoms with Crippen molar-refractivity contribution in [1.29, 1.82) is 0 Å². The highest BCUT2D eigenvalue weighted by Gasteiger charge is 2.12. The van der Waals surface area contributed by atoms with E-state index in [1.54, 1.807) is 0 Å². The van der Waals surface area contributed by atoms with Gasteiger partial charge in [0.15, 0.2) is 0 Å². The zero-order chi connectivity index (χ0) is 15.6. The van der Waals surface area contributed by atoms with Gasteiger partial charge < -0.3 is 4.74 Å². The molecule has 0 spiro atoms. The van der Waals surface area contributed by atoms with Gasteiger partial charge in [0, 0.05) is 22.5 Å². The fourth-order valence-electron chi connectivity index (χ4n) is 3.11. The highest BCUT2D eigenvalue weighted by atomic mass is 16.5. The SMILES string of the molecule is CCOc1ccccc1-c1cccc2ccc3cccnc3c12. The lowest BCUT2D eigenvalue weighted by atomic mass is 9.95. The first-order valence-electron chi connectivity index (χ1n) is 7.87. The van der Waals surface area contributed by atoms with Gasteiger partial charge in [-0.1, -0.05) is 54.6 Å². The van der Waals surface area contributed by atoms with Crippen LogP contribution >= 0.6 is 0 Å². The van der Waals surface area contributed by atoms with Crippen LogP contribution in [0.2, 0.25) is 0 Å². The Labute approximate surface area is 135 Å². The van der Waals surface area contributed by atoms with E-state index in [9.17, 15) is 0 Å². The molecule has 0 amide bonds. The predicted octanol–water partition coefficient (Wildman–Crippen LogP) is 5.45. The lowest BCUT2D eigenvalue weighted by molar-refractivity contribution is 0.341. The summed E-state index contributed by atoms with van der Waals surface area (Å²) in [6.07, 6.45) is 1.85. The van der Waals surface area contributed by atoms with Crippen molar-refractivity contribution < 1.29 is 4.74 Å². The van der Waals surface area contributed by atoms with Crippen LogP contribution in [0, 0.1) is 0 Å². The second-order valence-corrected chi connectivity index (χ2v) is 5.47. The second kappa shape index (κ2) is 5.73. The zero-order valence-corrected chi connectivity index (χ0v) is 13.0. The van der Waals surface area contributed by atoms with Gasteiger partial charge in [0.25, 0.3) is 0 Å². The van der Waals surface area contributed by atoms with Gasteiger partial charge in [-0.2, -0.15) is 0 Å². The molecule has 112 valence electrons. The summed E-state index contributed by atoms with van der Waals surface area (Å²) in [4.78, 5) is 4.63. The third-order valence-corrected chi connectivity index (χ3v) is 4.09. The maximum Gasteiger partial charge on any atom is 0.127 e. The van der Waals surface area contributed by atoms with Gasteiger partial charge in [-0.25, -0.2) is 0 Å². The van der Waals surface area contributed by atoms with Crippen LogP contribution < -0.4 is 4.74 Å². The van der Waals surface area contributed by atoms with Gasteiger partial charge in [-0.15, -0.1) is 0 Å². The van der Waals surface area contributed by atoms with Crippen molar-refractivity contribution in [3.8, 4) is 16.9 Å².